The highest BCUT2D eigenvalue weighted by molar-refractivity contribution is 5.18. The number of aromatic nitrogens is 5. The Morgan fingerprint density at radius 1 is 1.50 bits per heavy atom. The molecule has 96 valence electrons. The molecule has 1 aliphatic rings. The highest BCUT2D eigenvalue weighted by Gasteiger charge is 2.31. The van der Waals surface area contributed by atoms with Crippen LogP contribution >= 0.6 is 0 Å². The summed E-state index contributed by atoms with van der Waals surface area (Å²) in [6, 6.07) is 2.66. The lowest BCUT2D eigenvalue weighted by Crippen LogP contribution is -2.17. The molecule has 3 rings (SSSR count). The van der Waals surface area contributed by atoms with Gasteiger partial charge in [0, 0.05) is 18.4 Å². The van der Waals surface area contributed by atoms with Gasteiger partial charge in [-0.2, -0.15) is 4.80 Å². The number of nitrogens with zero attached hydrogens (tertiary/aromatic N) is 5. The SMILES string of the molecule is CNC(c1ccn(Cc2nnn(C)n2)c1)C1CC1. The van der Waals surface area contributed by atoms with Gasteiger partial charge in [-0.3, -0.25) is 0 Å². The van der Waals surface area contributed by atoms with Crippen molar-refractivity contribution in [2.45, 2.75) is 25.4 Å². The first-order valence-electron chi connectivity index (χ1n) is 6.32. The van der Waals surface area contributed by atoms with Crippen molar-refractivity contribution in [3.05, 3.63) is 29.8 Å². The third-order valence-electron chi connectivity index (χ3n) is 3.41. The van der Waals surface area contributed by atoms with Crippen LogP contribution in [0.5, 0.6) is 0 Å². The second-order valence-electron chi connectivity index (χ2n) is 4.92. The molecule has 0 aromatic carbocycles. The molecule has 2 aromatic rings. The number of aryl methyl sites for hydroxylation is 1. The van der Waals surface area contributed by atoms with Crippen LogP contribution in [0.3, 0.4) is 0 Å². The Hall–Kier alpha value is -1.69. The standard InChI is InChI=1S/C12H18N6/c1-13-12(9-3-4-9)10-5-6-18(7-10)8-11-14-16-17(2)15-11/h5-7,9,12-13H,3-4,8H2,1-2H3. The van der Waals surface area contributed by atoms with Gasteiger partial charge >= 0.3 is 0 Å². The van der Waals surface area contributed by atoms with E-state index >= 15 is 0 Å². The maximum atomic E-state index is 4.19. The molecule has 0 aliphatic heterocycles. The van der Waals surface area contributed by atoms with Gasteiger partial charge in [0.15, 0.2) is 5.82 Å². The molecule has 1 fully saturated rings. The van der Waals surface area contributed by atoms with Crippen LogP contribution in [-0.2, 0) is 13.6 Å². The average Bonchev–Trinajstić information content (AvgIpc) is 2.94. The average molecular weight is 246 g/mol. The van der Waals surface area contributed by atoms with Crippen molar-refractivity contribution in [3.63, 3.8) is 0 Å². The maximum absolute atomic E-state index is 4.19. The van der Waals surface area contributed by atoms with Gasteiger partial charge < -0.3 is 9.88 Å². The molecule has 18 heavy (non-hydrogen) atoms. The molecule has 0 amide bonds. The van der Waals surface area contributed by atoms with Crippen molar-refractivity contribution in [3.8, 4) is 0 Å². The molecule has 1 atom stereocenters. The second kappa shape index (κ2) is 4.53. The van der Waals surface area contributed by atoms with Crippen molar-refractivity contribution in [1.29, 1.82) is 0 Å². The fourth-order valence-electron chi connectivity index (χ4n) is 2.40. The lowest BCUT2D eigenvalue weighted by atomic mass is 10.1. The molecule has 0 radical (unpaired) electrons. The van der Waals surface area contributed by atoms with E-state index in [1.807, 2.05) is 7.05 Å². The molecule has 6 heteroatoms. The van der Waals surface area contributed by atoms with Crippen molar-refractivity contribution in [1.82, 2.24) is 30.1 Å². The van der Waals surface area contributed by atoms with Crippen LogP contribution in [0.2, 0.25) is 0 Å². The first-order valence-corrected chi connectivity index (χ1v) is 6.32. The van der Waals surface area contributed by atoms with Crippen LogP contribution in [0, 0.1) is 5.92 Å². The zero-order chi connectivity index (χ0) is 12.5. The van der Waals surface area contributed by atoms with Crippen LogP contribution in [0.15, 0.2) is 18.5 Å². The Labute approximate surface area is 106 Å². The molecule has 1 N–H and O–H groups in total. The molecule has 0 bridgehead atoms. The highest BCUT2D eigenvalue weighted by atomic mass is 15.6. The van der Waals surface area contributed by atoms with E-state index in [0.717, 1.165) is 11.7 Å². The van der Waals surface area contributed by atoms with Gasteiger partial charge in [-0.15, -0.1) is 10.2 Å². The summed E-state index contributed by atoms with van der Waals surface area (Å²) in [5, 5.41) is 15.4. The van der Waals surface area contributed by atoms with Crippen LogP contribution in [0.1, 0.15) is 30.3 Å². The summed E-state index contributed by atoms with van der Waals surface area (Å²) >= 11 is 0. The largest absolute Gasteiger partial charge is 0.346 e. The molecule has 6 nitrogen and oxygen atoms in total. The lowest BCUT2D eigenvalue weighted by Gasteiger charge is -2.13. The Morgan fingerprint density at radius 3 is 2.94 bits per heavy atom. The number of hydrogen-bond donors (Lipinski definition) is 1. The van der Waals surface area contributed by atoms with E-state index in [2.05, 4.69) is 43.8 Å². The smallest absolute Gasteiger partial charge is 0.194 e. The summed E-state index contributed by atoms with van der Waals surface area (Å²) < 4.78 is 2.11. The summed E-state index contributed by atoms with van der Waals surface area (Å²) in [4.78, 5) is 1.49. The molecule has 1 aliphatic carbocycles. The zero-order valence-corrected chi connectivity index (χ0v) is 10.7. The fraction of sp³-hybridized carbons (Fsp3) is 0.583. The molecule has 2 heterocycles. The normalized spacial score (nSPS) is 17.0. The first-order chi connectivity index (χ1) is 8.76. The molecule has 0 spiro atoms. The van der Waals surface area contributed by atoms with Gasteiger partial charge in [0.05, 0.1) is 13.6 Å². The molecule has 1 unspecified atom stereocenters. The van der Waals surface area contributed by atoms with Crippen LogP contribution in [0.4, 0.5) is 0 Å². The van der Waals surface area contributed by atoms with E-state index < -0.39 is 0 Å². The van der Waals surface area contributed by atoms with E-state index in [-0.39, 0.29) is 0 Å². The van der Waals surface area contributed by atoms with E-state index in [1.54, 1.807) is 7.05 Å². The predicted molar refractivity (Wildman–Crippen MR) is 66.9 cm³/mol. The van der Waals surface area contributed by atoms with Crippen LogP contribution in [-0.4, -0.2) is 31.8 Å². The minimum absolute atomic E-state index is 0.487. The van der Waals surface area contributed by atoms with E-state index in [4.69, 9.17) is 0 Å². The Bertz CT molecular complexity index is 524. The highest BCUT2D eigenvalue weighted by Crippen LogP contribution is 2.40. The molecular formula is C12H18N6. The van der Waals surface area contributed by atoms with Gasteiger partial charge in [0.1, 0.15) is 0 Å². The summed E-state index contributed by atoms with van der Waals surface area (Å²) in [6.07, 6.45) is 6.93. The van der Waals surface area contributed by atoms with Gasteiger partial charge in [0.25, 0.3) is 0 Å². The summed E-state index contributed by atoms with van der Waals surface area (Å²) in [6.45, 7) is 0.676. The van der Waals surface area contributed by atoms with Gasteiger partial charge in [-0.05, 0) is 42.7 Å². The number of tetrazole rings is 1. The zero-order valence-electron chi connectivity index (χ0n) is 10.7. The Balaban J connectivity index is 1.72. The van der Waals surface area contributed by atoms with E-state index in [1.165, 1.54) is 23.2 Å². The van der Waals surface area contributed by atoms with Gasteiger partial charge in [0.2, 0.25) is 0 Å². The Kier molecular flexibility index (Phi) is 2.87. The monoisotopic (exact) mass is 246 g/mol. The third-order valence-corrected chi connectivity index (χ3v) is 3.41. The lowest BCUT2D eigenvalue weighted by molar-refractivity contribution is 0.527. The van der Waals surface area contributed by atoms with Crippen LogP contribution in [0.25, 0.3) is 0 Å². The Morgan fingerprint density at radius 2 is 2.33 bits per heavy atom. The number of rotatable bonds is 5. The molecule has 1 saturated carbocycles. The van der Waals surface area contributed by atoms with Gasteiger partial charge in [-0.1, -0.05) is 0 Å². The minimum Gasteiger partial charge on any atom is -0.346 e. The van der Waals surface area contributed by atoms with Crippen molar-refractivity contribution < 1.29 is 0 Å². The molecule has 0 saturated heterocycles. The quantitative estimate of drug-likeness (QED) is 0.845. The topological polar surface area (TPSA) is 60.6 Å². The summed E-state index contributed by atoms with van der Waals surface area (Å²) in [7, 11) is 3.81. The molecule has 2 aromatic heterocycles. The minimum atomic E-state index is 0.487. The second-order valence-corrected chi connectivity index (χ2v) is 4.92. The number of hydrogen-bond acceptors (Lipinski definition) is 4. The van der Waals surface area contributed by atoms with Crippen LogP contribution < -0.4 is 5.32 Å². The summed E-state index contributed by atoms with van der Waals surface area (Å²) in [5.41, 5.74) is 1.35. The molecular weight excluding hydrogens is 228 g/mol. The summed E-state index contributed by atoms with van der Waals surface area (Å²) in [5.74, 6) is 1.55. The maximum Gasteiger partial charge on any atom is 0.194 e. The van der Waals surface area contributed by atoms with E-state index in [0.29, 0.717) is 12.6 Å². The van der Waals surface area contributed by atoms with E-state index in [9.17, 15) is 0 Å². The van der Waals surface area contributed by atoms with Crippen molar-refractivity contribution in [2.75, 3.05) is 7.05 Å². The van der Waals surface area contributed by atoms with Crippen molar-refractivity contribution in [2.24, 2.45) is 13.0 Å². The predicted octanol–water partition coefficient (Wildman–Crippen LogP) is 0.730. The number of nitrogens with one attached hydrogen (secondary N) is 1. The van der Waals surface area contributed by atoms with Gasteiger partial charge in [-0.25, -0.2) is 0 Å². The third kappa shape index (κ3) is 2.28. The first kappa shape index (κ1) is 11.4. The fourth-order valence-corrected chi connectivity index (χ4v) is 2.40. The van der Waals surface area contributed by atoms with Crippen molar-refractivity contribution >= 4 is 0 Å².